The van der Waals surface area contributed by atoms with Gasteiger partial charge in [-0.15, -0.1) is 11.3 Å². The van der Waals surface area contributed by atoms with Crippen LogP contribution in [0.1, 0.15) is 35.2 Å². The molecule has 0 amide bonds. The van der Waals surface area contributed by atoms with Gasteiger partial charge in [0.2, 0.25) is 0 Å². The first-order chi connectivity index (χ1) is 14.3. The minimum atomic E-state index is -3.36. The Morgan fingerprint density at radius 3 is 2.57 bits per heavy atom. The Balaban J connectivity index is 1.40. The van der Waals surface area contributed by atoms with E-state index in [1.54, 1.807) is 35.6 Å². The number of sulfone groups is 1. The van der Waals surface area contributed by atoms with E-state index in [-0.39, 0.29) is 5.25 Å². The number of rotatable bonds is 5. The van der Waals surface area contributed by atoms with Gasteiger partial charge in [-0.3, -0.25) is 0 Å². The number of nitrogens with zero attached hydrogens (tertiary/aromatic N) is 2. The predicted octanol–water partition coefficient (Wildman–Crippen LogP) is 5.45. The molecule has 2 aromatic carbocycles. The van der Waals surface area contributed by atoms with Crippen LogP contribution in [0.3, 0.4) is 0 Å². The number of aryl methyl sites for hydroxylation is 2. The van der Waals surface area contributed by atoms with Crippen molar-refractivity contribution in [1.82, 2.24) is 4.98 Å². The Morgan fingerprint density at radius 2 is 1.87 bits per heavy atom. The van der Waals surface area contributed by atoms with Crippen molar-refractivity contribution >= 4 is 37.9 Å². The Labute approximate surface area is 187 Å². The molecule has 4 rings (SSSR count). The van der Waals surface area contributed by atoms with Gasteiger partial charge in [-0.25, -0.2) is 13.4 Å². The molecule has 158 valence electrons. The molecule has 0 radical (unpaired) electrons. The Bertz CT molecular complexity index is 1150. The Kier molecular flexibility index (Phi) is 6.19. The molecule has 30 heavy (non-hydrogen) atoms. The first-order valence-electron chi connectivity index (χ1n) is 10.1. The summed E-state index contributed by atoms with van der Waals surface area (Å²) in [6.45, 7) is 5.64. The van der Waals surface area contributed by atoms with Crippen molar-refractivity contribution in [1.29, 1.82) is 0 Å². The van der Waals surface area contributed by atoms with E-state index in [4.69, 9.17) is 16.6 Å². The zero-order chi connectivity index (χ0) is 21.3. The molecule has 0 saturated carbocycles. The summed E-state index contributed by atoms with van der Waals surface area (Å²) in [5.41, 5.74) is 4.92. The van der Waals surface area contributed by atoms with Crippen LogP contribution >= 0.6 is 22.9 Å². The third kappa shape index (κ3) is 4.56. The predicted molar refractivity (Wildman–Crippen MR) is 125 cm³/mol. The van der Waals surface area contributed by atoms with E-state index >= 15 is 0 Å². The van der Waals surface area contributed by atoms with Crippen molar-refractivity contribution < 1.29 is 8.42 Å². The second kappa shape index (κ2) is 8.69. The zero-order valence-corrected chi connectivity index (χ0v) is 19.5. The molecule has 1 aliphatic rings. The molecular weight excluding hydrogens is 436 g/mol. The number of hydrogen-bond acceptors (Lipinski definition) is 5. The summed E-state index contributed by atoms with van der Waals surface area (Å²) >= 11 is 7.63. The smallest absolute Gasteiger partial charge is 0.185 e. The lowest BCUT2D eigenvalue weighted by molar-refractivity contribution is 0.529. The molecule has 1 aromatic heterocycles. The van der Waals surface area contributed by atoms with Gasteiger partial charge >= 0.3 is 0 Å². The molecule has 4 nitrogen and oxygen atoms in total. The second-order valence-corrected chi connectivity index (χ2v) is 11.4. The van der Waals surface area contributed by atoms with E-state index in [1.807, 2.05) is 0 Å². The molecule has 1 aliphatic heterocycles. The highest BCUT2D eigenvalue weighted by Crippen LogP contribution is 2.30. The van der Waals surface area contributed by atoms with Gasteiger partial charge in [0.25, 0.3) is 0 Å². The van der Waals surface area contributed by atoms with Gasteiger partial charge < -0.3 is 4.90 Å². The number of hydrogen-bond donors (Lipinski definition) is 0. The molecule has 3 aromatic rings. The van der Waals surface area contributed by atoms with Crippen molar-refractivity contribution in [3.63, 3.8) is 0 Å². The summed E-state index contributed by atoms with van der Waals surface area (Å²) in [6.07, 6.45) is 2.01. The number of thiazole rings is 1. The van der Waals surface area contributed by atoms with Gasteiger partial charge in [-0.1, -0.05) is 35.9 Å². The third-order valence-corrected chi connectivity index (χ3v) is 9.22. The van der Waals surface area contributed by atoms with Crippen LogP contribution in [0.5, 0.6) is 0 Å². The van der Waals surface area contributed by atoms with Gasteiger partial charge in [-0.05, 0) is 61.6 Å². The van der Waals surface area contributed by atoms with Crippen LogP contribution < -0.4 is 4.90 Å². The molecule has 2 heterocycles. The van der Waals surface area contributed by atoms with Crippen LogP contribution in [0.25, 0.3) is 0 Å². The fraction of sp³-hybridized carbons (Fsp3) is 0.348. The fourth-order valence-electron chi connectivity index (χ4n) is 3.84. The normalized spacial score (nSPS) is 15.5. The highest BCUT2D eigenvalue weighted by molar-refractivity contribution is 7.92. The number of halogens is 1. The van der Waals surface area contributed by atoms with Crippen molar-refractivity contribution in [2.75, 3.05) is 18.0 Å². The number of benzene rings is 2. The maximum Gasteiger partial charge on any atom is 0.185 e. The molecule has 0 atom stereocenters. The Hall–Kier alpha value is -1.89. The van der Waals surface area contributed by atoms with Crippen molar-refractivity contribution in [3.05, 3.63) is 75.3 Å². The van der Waals surface area contributed by atoms with Crippen LogP contribution in [0, 0.1) is 13.8 Å². The van der Waals surface area contributed by atoms with E-state index in [0.717, 1.165) is 17.2 Å². The quantitative estimate of drug-likeness (QED) is 0.508. The van der Waals surface area contributed by atoms with Crippen LogP contribution in [0.15, 0.2) is 52.7 Å². The Morgan fingerprint density at radius 1 is 1.10 bits per heavy atom. The van der Waals surface area contributed by atoms with E-state index in [0.29, 0.717) is 35.8 Å². The van der Waals surface area contributed by atoms with Crippen molar-refractivity contribution in [2.24, 2.45) is 0 Å². The standard InChI is InChI=1S/C23H25ClN2O2S2/c1-16-6-7-18(12-17(16)2)13-20-15-29-23(25-20)26-10-8-21(9-11-26)30(27,28)22-5-3-4-19(24)14-22/h3-7,12,14-15,21H,8-11,13H2,1-2H3. The molecule has 0 aliphatic carbocycles. The summed E-state index contributed by atoms with van der Waals surface area (Å²) in [6, 6.07) is 13.1. The molecule has 1 fully saturated rings. The first-order valence-corrected chi connectivity index (χ1v) is 12.9. The van der Waals surface area contributed by atoms with Gasteiger partial charge in [-0.2, -0.15) is 0 Å². The maximum atomic E-state index is 13.0. The lowest BCUT2D eigenvalue weighted by Crippen LogP contribution is -2.39. The van der Waals surface area contributed by atoms with Crippen molar-refractivity contribution in [3.8, 4) is 0 Å². The minimum absolute atomic E-state index is 0.318. The third-order valence-electron chi connectivity index (χ3n) is 5.77. The summed E-state index contributed by atoms with van der Waals surface area (Å²) < 4.78 is 25.9. The molecule has 7 heteroatoms. The summed E-state index contributed by atoms with van der Waals surface area (Å²) in [5, 5.41) is 3.17. The average molecular weight is 461 g/mol. The summed E-state index contributed by atoms with van der Waals surface area (Å²) in [5.74, 6) is 0. The summed E-state index contributed by atoms with van der Waals surface area (Å²) in [4.78, 5) is 7.34. The largest absolute Gasteiger partial charge is 0.348 e. The topological polar surface area (TPSA) is 50.3 Å². The first kappa shape index (κ1) is 21.3. The minimum Gasteiger partial charge on any atom is -0.348 e. The van der Waals surface area contributed by atoms with E-state index in [1.165, 1.54) is 16.7 Å². The zero-order valence-electron chi connectivity index (χ0n) is 17.1. The van der Waals surface area contributed by atoms with Gasteiger partial charge in [0.1, 0.15) is 0 Å². The molecular formula is C23H25ClN2O2S2. The van der Waals surface area contributed by atoms with Crippen molar-refractivity contribution in [2.45, 2.75) is 43.3 Å². The van der Waals surface area contributed by atoms with Crippen LogP contribution in [0.2, 0.25) is 5.02 Å². The number of piperidine rings is 1. The van der Waals surface area contributed by atoms with Crippen LogP contribution in [-0.4, -0.2) is 31.7 Å². The lowest BCUT2D eigenvalue weighted by Gasteiger charge is -2.31. The monoisotopic (exact) mass is 460 g/mol. The second-order valence-electron chi connectivity index (χ2n) is 7.91. The highest BCUT2D eigenvalue weighted by atomic mass is 35.5. The van der Waals surface area contributed by atoms with Gasteiger partial charge in [0.05, 0.1) is 15.8 Å². The molecule has 0 bridgehead atoms. The molecule has 0 spiro atoms. The molecule has 0 N–H and O–H groups in total. The number of aromatic nitrogens is 1. The molecule has 1 saturated heterocycles. The maximum absolute atomic E-state index is 13.0. The SMILES string of the molecule is Cc1ccc(Cc2csc(N3CCC(S(=O)(=O)c4cccc(Cl)c4)CC3)n2)cc1C. The fourth-order valence-corrected chi connectivity index (χ4v) is 6.75. The van der Waals surface area contributed by atoms with E-state index < -0.39 is 9.84 Å². The summed E-state index contributed by atoms with van der Waals surface area (Å²) in [7, 11) is -3.36. The average Bonchev–Trinajstić information content (AvgIpc) is 3.19. The highest BCUT2D eigenvalue weighted by Gasteiger charge is 2.32. The van der Waals surface area contributed by atoms with Crippen LogP contribution in [0.4, 0.5) is 5.13 Å². The van der Waals surface area contributed by atoms with Gasteiger partial charge in [0, 0.05) is 29.9 Å². The number of anilines is 1. The van der Waals surface area contributed by atoms with Crippen LogP contribution in [-0.2, 0) is 16.3 Å². The molecule has 0 unspecified atom stereocenters. The lowest BCUT2D eigenvalue weighted by atomic mass is 10.0. The van der Waals surface area contributed by atoms with E-state index in [2.05, 4.69) is 42.3 Å². The van der Waals surface area contributed by atoms with Gasteiger partial charge in [0.15, 0.2) is 15.0 Å². The van der Waals surface area contributed by atoms with E-state index in [9.17, 15) is 8.42 Å².